The lowest BCUT2D eigenvalue weighted by atomic mass is 9.98. The first-order valence-electron chi connectivity index (χ1n) is 7.10. The fraction of sp³-hybridized carbons (Fsp3) is 0.714. The maximum atomic E-state index is 11.3. The first-order valence-corrected chi connectivity index (χ1v) is 7.10. The van der Waals surface area contributed by atoms with Crippen LogP contribution in [0.1, 0.15) is 27.7 Å². The summed E-state index contributed by atoms with van der Waals surface area (Å²) < 4.78 is 25.0. The maximum absolute atomic E-state index is 11.3. The van der Waals surface area contributed by atoms with Gasteiger partial charge < -0.3 is 28.8 Å². The number of ether oxygens (including phenoxy) is 5. The van der Waals surface area contributed by atoms with Gasteiger partial charge in [-0.1, -0.05) is 0 Å². The number of hydrogen-bond donors (Lipinski definition) is 1. The van der Waals surface area contributed by atoms with Crippen molar-refractivity contribution < 1.29 is 48.0 Å². The van der Waals surface area contributed by atoms with E-state index in [0.717, 1.165) is 27.7 Å². The number of hydrogen-bond acceptors (Lipinski definition) is 10. The predicted octanol–water partition coefficient (Wildman–Crippen LogP) is -0.938. The van der Waals surface area contributed by atoms with Crippen LogP contribution in [-0.2, 0) is 42.9 Å². The molecule has 1 saturated heterocycles. The number of aliphatic hydroxyl groups is 1. The Morgan fingerprint density at radius 3 is 1.79 bits per heavy atom. The number of aliphatic hydroxyl groups excluding tert-OH is 1. The highest BCUT2D eigenvalue weighted by molar-refractivity contribution is 5.68. The van der Waals surface area contributed by atoms with Gasteiger partial charge in [-0.05, 0) is 0 Å². The molecule has 24 heavy (non-hydrogen) atoms. The van der Waals surface area contributed by atoms with Crippen molar-refractivity contribution in [2.45, 2.75) is 58.4 Å². The van der Waals surface area contributed by atoms with Crippen molar-refractivity contribution in [2.24, 2.45) is 0 Å². The van der Waals surface area contributed by atoms with Crippen molar-refractivity contribution in [3.05, 3.63) is 0 Å². The molecule has 10 nitrogen and oxygen atoms in total. The molecule has 0 radical (unpaired) electrons. The number of esters is 4. The molecular weight excluding hydrogens is 328 g/mol. The molecule has 5 atom stereocenters. The van der Waals surface area contributed by atoms with Crippen LogP contribution in [0.3, 0.4) is 0 Å². The SMILES string of the molecule is CC(=O)OC[C@@H]1O[C@@H](OC(C)=O)[C@H](O)[C@@H](OC(C)=O)[C@@H]1OC(C)=O. The van der Waals surface area contributed by atoms with Crippen molar-refractivity contribution >= 4 is 23.9 Å². The smallest absolute Gasteiger partial charge is 0.305 e. The summed E-state index contributed by atoms with van der Waals surface area (Å²) in [6, 6.07) is 0. The standard InChI is InChI=1S/C14H20O10/c1-6(15)20-5-10-12(21-7(2)16)13(22-8(3)17)11(19)14(24-10)23-9(4)18/h10-14,19H,5H2,1-4H3/t10-,11+,12+,13+,14+/m0/s1. The van der Waals surface area contributed by atoms with Crippen molar-refractivity contribution in [2.75, 3.05) is 6.61 Å². The van der Waals surface area contributed by atoms with Gasteiger partial charge in [0.15, 0.2) is 18.3 Å². The van der Waals surface area contributed by atoms with Gasteiger partial charge in [-0.15, -0.1) is 0 Å². The van der Waals surface area contributed by atoms with E-state index in [0.29, 0.717) is 0 Å². The monoisotopic (exact) mass is 348 g/mol. The zero-order valence-electron chi connectivity index (χ0n) is 13.7. The van der Waals surface area contributed by atoms with Gasteiger partial charge in [0.05, 0.1) is 0 Å². The summed E-state index contributed by atoms with van der Waals surface area (Å²) in [6.07, 6.45) is -6.83. The summed E-state index contributed by atoms with van der Waals surface area (Å²) in [7, 11) is 0. The van der Waals surface area contributed by atoms with Crippen LogP contribution in [0.4, 0.5) is 0 Å². The zero-order valence-corrected chi connectivity index (χ0v) is 13.7. The Labute approximate surface area is 137 Å². The summed E-state index contributed by atoms with van der Waals surface area (Å²) in [5, 5.41) is 10.2. The number of carbonyl (C=O) groups excluding carboxylic acids is 4. The van der Waals surface area contributed by atoms with Crippen LogP contribution in [0.5, 0.6) is 0 Å². The average Bonchev–Trinajstić information content (AvgIpc) is 2.42. The molecule has 0 aromatic carbocycles. The zero-order chi connectivity index (χ0) is 18.4. The van der Waals surface area contributed by atoms with Gasteiger partial charge in [-0.25, -0.2) is 0 Å². The molecule has 1 N–H and O–H groups in total. The number of rotatable bonds is 5. The van der Waals surface area contributed by atoms with Crippen LogP contribution in [0.15, 0.2) is 0 Å². The van der Waals surface area contributed by atoms with E-state index in [9.17, 15) is 24.3 Å². The van der Waals surface area contributed by atoms with E-state index in [-0.39, 0.29) is 6.61 Å². The second-order valence-corrected chi connectivity index (χ2v) is 5.09. The van der Waals surface area contributed by atoms with Crippen LogP contribution in [0.25, 0.3) is 0 Å². The Balaban J connectivity index is 3.08. The summed E-state index contributed by atoms with van der Waals surface area (Å²) >= 11 is 0. The van der Waals surface area contributed by atoms with Crippen LogP contribution in [-0.4, -0.2) is 66.3 Å². The predicted molar refractivity (Wildman–Crippen MR) is 74.2 cm³/mol. The van der Waals surface area contributed by atoms with Gasteiger partial charge in [0.2, 0.25) is 6.29 Å². The van der Waals surface area contributed by atoms with Gasteiger partial charge in [-0.2, -0.15) is 0 Å². The van der Waals surface area contributed by atoms with Crippen molar-refractivity contribution in [1.29, 1.82) is 0 Å². The average molecular weight is 348 g/mol. The second-order valence-electron chi connectivity index (χ2n) is 5.09. The Kier molecular flexibility index (Phi) is 7.11. The molecule has 1 aliphatic rings. The van der Waals surface area contributed by atoms with Gasteiger partial charge in [0, 0.05) is 27.7 Å². The van der Waals surface area contributed by atoms with E-state index in [1.807, 2.05) is 0 Å². The molecule has 0 aromatic rings. The minimum atomic E-state index is -1.60. The lowest BCUT2D eigenvalue weighted by molar-refractivity contribution is -0.297. The van der Waals surface area contributed by atoms with E-state index in [1.165, 1.54) is 0 Å². The highest BCUT2D eigenvalue weighted by atomic mass is 16.7. The highest BCUT2D eigenvalue weighted by Crippen LogP contribution is 2.27. The van der Waals surface area contributed by atoms with E-state index in [1.54, 1.807) is 0 Å². The van der Waals surface area contributed by atoms with Gasteiger partial charge in [-0.3, -0.25) is 19.2 Å². The van der Waals surface area contributed by atoms with Crippen LogP contribution in [0, 0.1) is 0 Å². The summed E-state index contributed by atoms with van der Waals surface area (Å²) in [6.45, 7) is 4.09. The molecule has 0 aromatic heterocycles. The molecule has 0 bridgehead atoms. The first kappa shape index (κ1) is 19.8. The van der Waals surface area contributed by atoms with Crippen LogP contribution < -0.4 is 0 Å². The molecule has 1 aliphatic heterocycles. The molecule has 0 amide bonds. The molecule has 1 fully saturated rings. The molecule has 0 unspecified atom stereocenters. The molecule has 0 aliphatic carbocycles. The van der Waals surface area contributed by atoms with E-state index < -0.39 is 54.6 Å². The van der Waals surface area contributed by atoms with Crippen LogP contribution in [0.2, 0.25) is 0 Å². The fourth-order valence-electron chi connectivity index (χ4n) is 2.15. The summed E-state index contributed by atoms with van der Waals surface area (Å²) in [5.74, 6) is -2.87. The molecule has 0 spiro atoms. The lowest BCUT2D eigenvalue weighted by Crippen LogP contribution is -2.62. The number of carbonyl (C=O) groups is 4. The van der Waals surface area contributed by atoms with E-state index in [4.69, 9.17) is 23.7 Å². The quantitative estimate of drug-likeness (QED) is 0.490. The maximum Gasteiger partial charge on any atom is 0.305 e. The van der Waals surface area contributed by atoms with Crippen molar-refractivity contribution in [3.8, 4) is 0 Å². The van der Waals surface area contributed by atoms with Crippen molar-refractivity contribution in [1.82, 2.24) is 0 Å². The Hall–Kier alpha value is -2.20. The molecule has 0 saturated carbocycles. The topological polar surface area (TPSA) is 135 Å². The minimum Gasteiger partial charge on any atom is -0.463 e. The lowest BCUT2D eigenvalue weighted by Gasteiger charge is -2.42. The third kappa shape index (κ3) is 5.78. The molecular formula is C14H20O10. The summed E-state index contributed by atoms with van der Waals surface area (Å²) in [5.41, 5.74) is 0. The van der Waals surface area contributed by atoms with Gasteiger partial charge in [0.25, 0.3) is 0 Å². The second kappa shape index (κ2) is 8.60. The molecule has 10 heteroatoms. The van der Waals surface area contributed by atoms with E-state index in [2.05, 4.69) is 0 Å². The molecule has 1 rings (SSSR count). The van der Waals surface area contributed by atoms with Gasteiger partial charge in [0.1, 0.15) is 12.7 Å². The normalized spacial score (nSPS) is 29.3. The Morgan fingerprint density at radius 1 is 0.833 bits per heavy atom. The largest absolute Gasteiger partial charge is 0.463 e. The van der Waals surface area contributed by atoms with Gasteiger partial charge >= 0.3 is 23.9 Å². The molecule has 136 valence electrons. The third-order valence-corrected chi connectivity index (χ3v) is 2.95. The molecule has 1 heterocycles. The highest BCUT2D eigenvalue weighted by Gasteiger charge is 2.51. The fourth-order valence-corrected chi connectivity index (χ4v) is 2.15. The first-order chi connectivity index (χ1) is 11.1. The third-order valence-electron chi connectivity index (χ3n) is 2.95. The van der Waals surface area contributed by atoms with E-state index >= 15 is 0 Å². The van der Waals surface area contributed by atoms with Crippen molar-refractivity contribution in [3.63, 3.8) is 0 Å². The summed E-state index contributed by atoms with van der Waals surface area (Å²) in [4.78, 5) is 44.7. The minimum absolute atomic E-state index is 0.366. The van der Waals surface area contributed by atoms with Crippen LogP contribution >= 0.6 is 0 Å². The Bertz CT molecular complexity index is 486. The Morgan fingerprint density at radius 2 is 1.33 bits per heavy atom.